The summed E-state index contributed by atoms with van der Waals surface area (Å²) >= 11 is 0. The predicted octanol–water partition coefficient (Wildman–Crippen LogP) is 5.27. The van der Waals surface area contributed by atoms with E-state index in [1.165, 1.54) is 5.56 Å². The second-order valence-electron chi connectivity index (χ2n) is 6.98. The van der Waals surface area contributed by atoms with Crippen LogP contribution in [0, 0.1) is 0 Å². The van der Waals surface area contributed by atoms with E-state index in [9.17, 15) is 0 Å². The summed E-state index contributed by atoms with van der Waals surface area (Å²) < 4.78 is 5.54. The van der Waals surface area contributed by atoms with Crippen molar-refractivity contribution in [2.75, 3.05) is 0 Å². The highest BCUT2D eigenvalue weighted by molar-refractivity contribution is 5.93. The van der Waals surface area contributed by atoms with E-state index in [0.717, 1.165) is 34.5 Å². The van der Waals surface area contributed by atoms with Crippen molar-refractivity contribution in [3.63, 3.8) is 0 Å². The Hall–Kier alpha value is -2.10. The fraction of sp³-hybridized carbons (Fsp3) is 0.444. The van der Waals surface area contributed by atoms with Crippen LogP contribution in [-0.4, -0.2) is 15.1 Å². The Morgan fingerprint density at radius 1 is 1.27 bits per heavy atom. The Morgan fingerprint density at radius 2 is 2.05 bits per heavy atom. The highest BCUT2D eigenvalue weighted by atomic mass is 16.5. The molecule has 2 aromatic heterocycles. The first kappa shape index (κ1) is 14.8. The number of hydrogen-bond acceptors (Lipinski definition) is 3. The van der Waals surface area contributed by atoms with Gasteiger partial charge in [-0.3, -0.25) is 0 Å². The molecule has 0 radical (unpaired) electrons. The molecular formula is C18H25N3O. The second-order valence-corrected chi connectivity index (χ2v) is 6.98. The first-order valence-electron chi connectivity index (χ1n) is 7.85. The van der Waals surface area contributed by atoms with E-state index in [2.05, 4.69) is 61.9 Å². The van der Waals surface area contributed by atoms with E-state index in [1.807, 2.05) is 12.4 Å². The van der Waals surface area contributed by atoms with Gasteiger partial charge in [-0.2, -0.15) is 0 Å². The van der Waals surface area contributed by atoms with Gasteiger partial charge in [0.25, 0.3) is 0 Å². The molecule has 0 fully saturated rings. The van der Waals surface area contributed by atoms with Crippen molar-refractivity contribution in [3.8, 4) is 11.3 Å². The van der Waals surface area contributed by atoms with E-state index in [0.29, 0.717) is 5.92 Å². The number of benzene rings is 1. The molecule has 3 aromatic rings. The minimum atomic E-state index is -0.00452. The largest absolute Gasteiger partial charge is 0.356 e. The lowest BCUT2D eigenvalue weighted by Crippen LogP contribution is -2.13. The van der Waals surface area contributed by atoms with Gasteiger partial charge in [-0.1, -0.05) is 45.8 Å². The van der Waals surface area contributed by atoms with E-state index >= 15 is 0 Å². The van der Waals surface area contributed by atoms with Crippen molar-refractivity contribution in [2.24, 2.45) is 0 Å². The number of nitrogens with zero attached hydrogens (tertiary/aromatic N) is 2. The summed E-state index contributed by atoms with van der Waals surface area (Å²) in [4.78, 5) is 7.93. The van der Waals surface area contributed by atoms with Crippen molar-refractivity contribution in [1.82, 2.24) is 15.1 Å². The molecule has 1 unspecified atom stereocenters. The molecular weight excluding hydrogens is 274 g/mol. The number of nitrogens with one attached hydrogen (secondary N) is 1. The molecule has 118 valence electrons. The molecule has 1 N–H and O–H groups in total. The van der Waals surface area contributed by atoms with Gasteiger partial charge in [-0.15, -0.1) is 0 Å². The zero-order chi connectivity index (χ0) is 15.9. The molecule has 2 heterocycles. The Balaban J connectivity index is 0.00000192. The summed E-state index contributed by atoms with van der Waals surface area (Å²) in [5.74, 6) is 1.46. The lowest BCUT2D eigenvalue weighted by atomic mass is 9.93. The molecule has 4 nitrogen and oxygen atoms in total. The van der Waals surface area contributed by atoms with Crippen molar-refractivity contribution < 1.29 is 5.95 Å². The molecule has 0 aliphatic carbocycles. The van der Waals surface area contributed by atoms with Gasteiger partial charge >= 0.3 is 0 Å². The van der Waals surface area contributed by atoms with Crippen LogP contribution in [0.2, 0.25) is 0 Å². The highest BCUT2D eigenvalue weighted by Gasteiger charge is 2.20. The fourth-order valence-electron chi connectivity index (χ4n) is 2.68. The van der Waals surface area contributed by atoms with Crippen LogP contribution in [0.3, 0.4) is 0 Å². The summed E-state index contributed by atoms with van der Waals surface area (Å²) in [6.45, 7) is 10.9. The smallest absolute Gasteiger partial charge is 0.176 e. The lowest BCUT2D eigenvalue weighted by molar-refractivity contribution is 0.457. The zero-order valence-electron chi connectivity index (χ0n) is 13.9. The Labute approximate surface area is 132 Å². The normalized spacial score (nSPS) is 13.7. The fourth-order valence-corrected chi connectivity index (χ4v) is 2.68. The first-order valence-corrected chi connectivity index (χ1v) is 7.85. The van der Waals surface area contributed by atoms with Gasteiger partial charge in [-0.25, -0.2) is 4.98 Å². The van der Waals surface area contributed by atoms with E-state index in [4.69, 9.17) is 4.52 Å². The molecule has 0 saturated heterocycles. The highest BCUT2D eigenvalue weighted by Crippen LogP contribution is 2.34. The van der Waals surface area contributed by atoms with Crippen LogP contribution in [0.15, 0.2) is 29.0 Å². The van der Waals surface area contributed by atoms with Gasteiger partial charge in [0.15, 0.2) is 5.58 Å². The summed E-state index contributed by atoms with van der Waals surface area (Å²) in [5, 5.41) is 5.11. The molecule has 1 aromatic carbocycles. The number of aromatic amines is 1. The predicted molar refractivity (Wildman–Crippen MR) is 91.1 cm³/mol. The number of imidazole rings is 1. The topological polar surface area (TPSA) is 54.7 Å². The Morgan fingerprint density at radius 3 is 2.68 bits per heavy atom. The Bertz CT molecular complexity index is 798. The van der Waals surface area contributed by atoms with Crippen molar-refractivity contribution in [2.45, 2.75) is 52.4 Å². The van der Waals surface area contributed by atoms with Crippen LogP contribution < -0.4 is 0 Å². The minimum absolute atomic E-state index is 0. The van der Waals surface area contributed by atoms with Crippen LogP contribution in [0.25, 0.3) is 22.2 Å². The van der Waals surface area contributed by atoms with Gasteiger partial charge in [0.2, 0.25) is 0 Å². The van der Waals surface area contributed by atoms with Crippen LogP contribution in [0.1, 0.15) is 59.8 Å². The first-order chi connectivity index (χ1) is 10.4. The molecule has 0 bridgehead atoms. The summed E-state index contributed by atoms with van der Waals surface area (Å²) in [7, 11) is 0. The average molecular weight is 299 g/mol. The van der Waals surface area contributed by atoms with Crippen molar-refractivity contribution in [1.29, 1.82) is 0 Å². The number of aromatic nitrogens is 3. The van der Waals surface area contributed by atoms with E-state index < -0.39 is 0 Å². The zero-order valence-corrected chi connectivity index (χ0v) is 13.9. The molecule has 3 rings (SSSR count). The molecule has 22 heavy (non-hydrogen) atoms. The van der Waals surface area contributed by atoms with E-state index in [1.54, 1.807) is 0 Å². The monoisotopic (exact) mass is 299 g/mol. The molecule has 0 amide bonds. The van der Waals surface area contributed by atoms with Gasteiger partial charge in [0, 0.05) is 17.8 Å². The molecule has 0 saturated carbocycles. The summed E-state index contributed by atoms with van der Waals surface area (Å²) in [5.41, 5.74) is 4.11. The molecule has 1 atom stereocenters. The maximum absolute atomic E-state index is 5.54. The maximum atomic E-state index is 5.54. The summed E-state index contributed by atoms with van der Waals surface area (Å²) in [6, 6.07) is 4.29. The van der Waals surface area contributed by atoms with Crippen LogP contribution in [0.4, 0.5) is 0 Å². The minimum Gasteiger partial charge on any atom is -0.356 e. The molecule has 0 spiro atoms. The number of rotatable bonds is 3. The third kappa shape index (κ3) is 2.43. The second kappa shape index (κ2) is 5.27. The third-order valence-corrected chi connectivity index (χ3v) is 4.28. The number of fused-ring (bicyclic) bond motifs is 1. The quantitative estimate of drug-likeness (QED) is 0.716. The Kier molecular flexibility index (Phi) is 3.55. The molecule has 4 heteroatoms. The van der Waals surface area contributed by atoms with E-state index in [-0.39, 0.29) is 6.84 Å². The maximum Gasteiger partial charge on any atom is 0.176 e. The van der Waals surface area contributed by atoms with Gasteiger partial charge in [-0.05, 0) is 24.0 Å². The van der Waals surface area contributed by atoms with Gasteiger partial charge in [0.05, 0.1) is 18.1 Å². The van der Waals surface area contributed by atoms with Crippen LogP contribution in [0.5, 0.6) is 0 Å². The van der Waals surface area contributed by atoms with Gasteiger partial charge in [0.1, 0.15) is 5.82 Å². The molecule has 0 aliphatic heterocycles. The van der Waals surface area contributed by atoms with Crippen molar-refractivity contribution >= 4 is 11.0 Å². The summed E-state index contributed by atoms with van der Waals surface area (Å²) in [6.07, 6.45) is 4.79. The third-order valence-electron chi connectivity index (χ3n) is 4.28. The van der Waals surface area contributed by atoms with Gasteiger partial charge < -0.3 is 9.51 Å². The number of hydrogen-bond donors (Lipinski definition) is 1. The van der Waals surface area contributed by atoms with Crippen molar-refractivity contribution in [3.05, 3.63) is 35.9 Å². The van der Waals surface area contributed by atoms with Crippen LogP contribution in [-0.2, 0) is 5.41 Å². The lowest BCUT2D eigenvalue weighted by Gasteiger charge is -2.14. The molecule has 0 aliphatic rings. The average Bonchev–Trinajstić information content (AvgIpc) is 3.13. The van der Waals surface area contributed by atoms with Crippen LogP contribution >= 0.6 is 0 Å². The number of H-pyrrole nitrogens is 1. The SMILES string of the molecule is CCC(C)c1ccc(-c2cnc(C(C)(C)C)[nH]2)c2oncc12.[HH]. The standard InChI is InChI=1S/C18H23N3O.H2/c1-6-11(2)12-7-8-13(16-14(12)9-20-22-16)15-10-19-17(21-15)18(3,4)5;/h7-11H,6H2,1-5H3,(H,19,21);1H.